The first-order valence-corrected chi connectivity index (χ1v) is 9.47. The van der Waals surface area contributed by atoms with E-state index < -0.39 is 0 Å². The molecule has 0 radical (unpaired) electrons. The van der Waals surface area contributed by atoms with Gasteiger partial charge in [-0.15, -0.1) is 5.10 Å². The summed E-state index contributed by atoms with van der Waals surface area (Å²) in [5, 5.41) is 12.6. The van der Waals surface area contributed by atoms with E-state index in [2.05, 4.69) is 21.6 Å². The number of carbonyl (C=O) groups is 1. The third-order valence-electron chi connectivity index (χ3n) is 5.37. The molecule has 0 spiro atoms. The van der Waals surface area contributed by atoms with Crippen molar-refractivity contribution in [1.29, 1.82) is 0 Å². The molecule has 0 atom stereocenters. The minimum atomic E-state index is -0.325. The van der Waals surface area contributed by atoms with Gasteiger partial charge in [-0.3, -0.25) is 9.48 Å². The number of rotatable bonds is 3. The molecular formula is C21H24N6O2. The Hall–Kier alpha value is -3.42. The van der Waals surface area contributed by atoms with Gasteiger partial charge in [0, 0.05) is 12.4 Å². The van der Waals surface area contributed by atoms with E-state index in [4.69, 9.17) is 0 Å². The molecule has 4 rings (SSSR count). The molecule has 4 aromatic rings. The minimum absolute atomic E-state index is 0.167. The SMILES string of the molecule is Cc1cc(C)c2cc(C)c3nn(CC(=O)Nc4c(C)nn(C)c4C)c(=O)n3c2c1. The van der Waals surface area contributed by atoms with Crippen molar-refractivity contribution in [1.82, 2.24) is 24.0 Å². The van der Waals surface area contributed by atoms with Crippen LogP contribution in [0.5, 0.6) is 0 Å². The van der Waals surface area contributed by atoms with Gasteiger partial charge < -0.3 is 5.32 Å². The fourth-order valence-corrected chi connectivity index (χ4v) is 3.86. The van der Waals surface area contributed by atoms with Crippen LogP contribution in [0, 0.1) is 34.6 Å². The van der Waals surface area contributed by atoms with E-state index in [9.17, 15) is 9.59 Å². The van der Waals surface area contributed by atoms with Crippen molar-refractivity contribution in [3.05, 3.63) is 56.8 Å². The number of amides is 1. The highest BCUT2D eigenvalue weighted by molar-refractivity contribution is 5.92. The van der Waals surface area contributed by atoms with E-state index >= 15 is 0 Å². The molecule has 8 heteroatoms. The number of benzene rings is 1. The molecule has 0 saturated heterocycles. The lowest BCUT2D eigenvalue weighted by Gasteiger charge is -2.07. The maximum Gasteiger partial charge on any atom is 0.351 e. The zero-order chi connectivity index (χ0) is 21.0. The first-order chi connectivity index (χ1) is 13.7. The van der Waals surface area contributed by atoms with Gasteiger partial charge in [0.25, 0.3) is 0 Å². The van der Waals surface area contributed by atoms with Gasteiger partial charge in [-0.05, 0) is 63.4 Å². The highest BCUT2D eigenvalue weighted by Crippen LogP contribution is 2.23. The van der Waals surface area contributed by atoms with E-state index in [0.29, 0.717) is 11.3 Å². The third-order valence-corrected chi connectivity index (χ3v) is 5.37. The van der Waals surface area contributed by atoms with Gasteiger partial charge in [-0.1, -0.05) is 6.07 Å². The predicted octanol–water partition coefficient (Wildman–Crippen LogP) is 2.56. The Morgan fingerprint density at radius 1 is 1.03 bits per heavy atom. The monoisotopic (exact) mass is 392 g/mol. The van der Waals surface area contributed by atoms with Gasteiger partial charge in [0.15, 0.2) is 5.65 Å². The number of hydrogen-bond acceptors (Lipinski definition) is 4. The Bertz CT molecular complexity index is 1360. The number of carbonyl (C=O) groups excluding carboxylic acids is 1. The minimum Gasteiger partial charge on any atom is -0.321 e. The summed E-state index contributed by atoms with van der Waals surface area (Å²) in [6.07, 6.45) is 0. The third kappa shape index (κ3) is 3.00. The topological polar surface area (TPSA) is 86.2 Å². The molecule has 150 valence electrons. The Labute approximate surface area is 167 Å². The standard InChI is InChI=1S/C21H24N6O2/c1-11-7-12(2)16-9-13(3)20-24-26(21(29)27(20)17(16)8-11)10-18(28)22-19-14(4)23-25(6)15(19)5/h7-9H,10H2,1-6H3,(H,22,28). The van der Waals surface area contributed by atoms with E-state index in [1.165, 1.54) is 4.68 Å². The Kier molecular flexibility index (Phi) is 4.29. The van der Waals surface area contributed by atoms with Gasteiger partial charge in [0.05, 0.1) is 22.6 Å². The molecule has 8 nitrogen and oxygen atoms in total. The van der Waals surface area contributed by atoms with Gasteiger partial charge >= 0.3 is 5.69 Å². The summed E-state index contributed by atoms with van der Waals surface area (Å²) in [5.41, 5.74) is 6.35. The van der Waals surface area contributed by atoms with Gasteiger partial charge in [0.1, 0.15) is 6.54 Å². The average molecular weight is 392 g/mol. The van der Waals surface area contributed by atoms with Crippen LogP contribution in [0.1, 0.15) is 28.1 Å². The number of nitrogens with zero attached hydrogens (tertiary/aromatic N) is 5. The lowest BCUT2D eigenvalue weighted by molar-refractivity contribution is -0.117. The van der Waals surface area contributed by atoms with Crippen molar-refractivity contribution in [3.63, 3.8) is 0 Å². The molecule has 1 amide bonds. The molecule has 0 aliphatic heterocycles. The van der Waals surface area contributed by atoms with Crippen molar-refractivity contribution >= 4 is 28.1 Å². The number of aryl methyl sites for hydroxylation is 5. The van der Waals surface area contributed by atoms with Crippen LogP contribution in [-0.2, 0) is 18.4 Å². The van der Waals surface area contributed by atoms with Crippen LogP contribution in [-0.4, -0.2) is 29.9 Å². The van der Waals surface area contributed by atoms with Crippen molar-refractivity contribution in [3.8, 4) is 0 Å². The molecule has 3 heterocycles. The Morgan fingerprint density at radius 3 is 2.41 bits per heavy atom. The molecular weight excluding hydrogens is 368 g/mol. The van der Waals surface area contributed by atoms with Gasteiger partial charge in [-0.2, -0.15) is 5.10 Å². The molecule has 0 bridgehead atoms. The summed E-state index contributed by atoms with van der Waals surface area (Å²) in [7, 11) is 1.82. The van der Waals surface area contributed by atoms with Crippen molar-refractivity contribution in [2.75, 3.05) is 5.32 Å². The number of anilines is 1. The van der Waals surface area contributed by atoms with Crippen molar-refractivity contribution < 1.29 is 4.79 Å². The smallest absolute Gasteiger partial charge is 0.321 e. The zero-order valence-electron chi connectivity index (χ0n) is 17.5. The summed E-state index contributed by atoms with van der Waals surface area (Å²) in [4.78, 5) is 25.7. The van der Waals surface area contributed by atoms with Crippen LogP contribution in [0.25, 0.3) is 16.6 Å². The van der Waals surface area contributed by atoms with Crippen LogP contribution >= 0.6 is 0 Å². The fourth-order valence-electron chi connectivity index (χ4n) is 3.86. The van der Waals surface area contributed by atoms with E-state index in [-0.39, 0.29) is 18.1 Å². The quantitative estimate of drug-likeness (QED) is 0.581. The molecule has 0 aliphatic carbocycles. The first-order valence-electron chi connectivity index (χ1n) is 9.47. The van der Waals surface area contributed by atoms with E-state index in [1.54, 1.807) is 9.08 Å². The summed E-state index contributed by atoms with van der Waals surface area (Å²) in [6, 6.07) is 6.11. The molecule has 1 aromatic carbocycles. The number of nitrogens with one attached hydrogen (secondary N) is 1. The summed E-state index contributed by atoms with van der Waals surface area (Å²) in [6.45, 7) is 9.50. The van der Waals surface area contributed by atoms with Crippen LogP contribution < -0.4 is 11.0 Å². The second kappa shape index (κ2) is 6.58. The number of pyridine rings is 1. The molecule has 0 saturated carbocycles. The Morgan fingerprint density at radius 2 is 1.76 bits per heavy atom. The molecule has 1 N–H and O–H groups in total. The summed E-state index contributed by atoms with van der Waals surface area (Å²) in [5.74, 6) is -0.316. The normalized spacial score (nSPS) is 11.5. The molecule has 0 fully saturated rings. The van der Waals surface area contributed by atoms with Gasteiger partial charge in [-0.25, -0.2) is 13.9 Å². The lowest BCUT2D eigenvalue weighted by atomic mass is 10.0. The van der Waals surface area contributed by atoms with Crippen molar-refractivity contribution in [2.24, 2.45) is 7.05 Å². The predicted molar refractivity (Wildman–Crippen MR) is 112 cm³/mol. The molecule has 0 unspecified atom stereocenters. The average Bonchev–Trinajstić information content (AvgIpc) is 3.08. The number of hydrogen-bond donors (Lipinski definition) is 1. The van der Waals surface area contributed by atoms with Crippen LogP contribution in [0.2, 0.25) is 0 Å². The second-order valence-electron chi connectivity index (χ2n) is 7.66. The van der Waals surface area contributed by atoms with Crippen LogP contribution in [0.15, 0.2) is 23.0 Å². The van der Waals surface area contributed by atoms with Gasteiger partial charge in [0.2, 0.25) is 5.91 Å². The van der Waals surface area contributed by atoms with Crippen LogP contribution in [0.4, 0.5) is 5.69 Å². The fraction of sp³-hybridized carbons (Fsp3) is 0.333. The number of aromatic nitrogens is 5. The maximum atomic E-state index is 13.1. The Balaban J connectivity index is 1.78. The molecule has 29 heavy (non-hydrogen) atoms. The number of fused-ring (bicyclic) bond motifs is 3. The van der Waals surface area contributed by atoms with Crippen molar-refractivity contribution in [2.45, 2.75) is 41.2 Å². The zero-order valence-corrected chi connectivity index (χ0v) is 17.5. The van der Waals surface area contributed by atoms with E-state index in [0.717, 1.165) is 39.0 Å². The highest BCUT2D eigenvalue weighted by atomic mass is 16.2. The van der Waals surface area contributed by atoms with Crippen LogP contribution in [0.3, 0.4) is 0 Å². The maximum absolute atomic E-state index is 13.1. The van der Waals surface area contributed by atoms with E-state index in [1.807, 2.05) is 53.8 Å². The molecule has 0 aliphatic rings. The first kappa shape index (κ1) is 18.9. The highest BCUT2D eigenvalue weighted by Gasteiger charge is 2.18. The summed E-state index contributed by atoms with van der Waals surface area (Å²) < 4.78 is 4.52. The largest absolute Gasteiger partial charge is 0.351 e. The summed E-state index contributed by atoms with van der Waals surface area (Å²) >= 11 is 0. The second-order valence-corrected chi connectivity index (χ2v) is 7.66. The molecule has 3 aromatic heterocycles. The lowest BCUT2D eigenvalue weighted by Crippen LogP contribution is -2.28.